The fourth-order valence-electron chi connectivity index (χ4n) is 4.38. The third-order valence-corrected chi connectivity index (χ3v) is 6.13. The minimum atomic E-state index is -0.545. The second-order valence-corrected chi connectivity index (χ2v) is 8.68. The van der Waals surface area contributed by atoms with Crippen LogP contribution in [-0.4, -0.2) is 55.6 Å². The summed E-state index contributed by atoms with van der Waals surface area (Å²) in [6, 6.07) is 12.7. The Morgan fingerprint density at radius 3 is 2.70 bits per heavy atom. The molecule has 3 N–H and O–H groups in total. The van der Waals surface area contributed by atoms with Gasteiger partial charge in [-0.15, -0.1) is 0 Å². The number of carbonyl (C=O) groups excluding carboxylic acids is 2. The van der Waals surface area contributed by atoms with Crippen LogP contribution in [0.2, 0.25) is 5.02 Å². The highest BCUT2D eigenvalue weighted by Gasteiger charge is 2.46. The summed E-state index contributed by atoms with van der Waals surface area (Å²) < 4.78 is 16.9. The number of carbonyl (C=O) groups is 2. The Morgan fingerprint density at radius 1 is 1.18 bits per heavy atom. The normalized spacial score (nSPS) is 23.2. The zero-order chi connectivity index (χ0) is 23.4. The minimum Gasteiger partial charge on any atom is -0.487 e. The van der Waals surface area contributed by atoms with Crippen molar-refractivity contribution in [2.24, 2.45) is 0 Å². The van der Waals surface area contributed by atoms with Crippen LogP contribution in [0.3, 0.4) is 0 Å². The van der Waals surface area contributed by atoms with Crippen molar-refractivity contribution in [2.75, 3.05) is 25.6 Å². The van der Waals surface area contributed by atoms with Crippen LogP contribution in [0.1, 0.15) is 29.9 Å². The standard InChI is InChI=1S/C24H27ClN2O6/c1-31-13-23(30)27-16-6-7-20-18(8-16)19-9-17(32-21(12-28)24(19)33-20)10-22(29)26-11-14-2-4-15(25)5-3-14/h2-8,17,19,21,24,28H,9-13H2,1H3,(H,26,29)(H,27,30)/t17-,19+,21+,24-/m1/s1. The highest BCUT2D eigenvalue weighted by Crippen LogP contribution is 2.47. The van der Waals surface area contributed by atoms with Crippen molar-refractivity contribution in [3.05, 3.63) is 58.6 Å². The van der Waals surface area contributed by atoms with Gasteiger partial charge in [0.05, 0.1) is 19.1 Å². The maximum Gasteiger partial charge on any atom is 0.250 e. The lowest BCUT2D eigenvalue weighted by Crippen LogP contribution is -2.47. The van der Waals surface area contributed by atoms with E-state index in [2.05, 4.69) is 10.6 Å². The Labute approximate surface area is 197 Å². The van der Waals surface area contributed by atoms with Gasteiger partial charge in [0.1, 0.15) is 24.6 Å². The van der Waals surface area contributed by atoms with E-state index in [1.807, 2.05) is 18.2 Å². The number of aliphatic hydroxyl groups excluding tert-OH is 1. The van der Waals surface area contributed by atoms with Gasteiger partial charge in [0.2, 0.25) is 11.8 Å². The fraction of sp³-hybridized carbons (Fsp3) is 0.417. The average Bonchev–Trinajstić information content (AvgIpc) is 3.16. The number of nitrogens with one attached hydrogen (secondary N) is 2. The van der Waals surface area contributed by atoms with Crippen molar-refractivity contribution < 1.29 is 28.9 Å². The number of methoxy groups -OCH3 is 1. The molecular formula is C24H27ClN2O6. The predicted molar refractivity (Wildman–Crippen MR) is 122 cm³/mol. The quantitative estimate of drug-likeness (QED) is 0.543. The fourth-order valence-corrected chi connectivity index (χ4v) is 4.50. The molecule has 2 aliphatic heterocycles. The number of fused-ring (bicyclic) bond motifs is 3. The van der Waals surface area contributed by atoms with Crippen LogP contribution in [0, 0.1) is 0 Å². The van der Waals surface area contributed by atoms with E-state index in [0.29, 0.717) is 29.4 Å². The summed E-state index contributed by atoms with van der Waals surface area (Å²) in [5, 5.41) is 16.2. The molecule has 0 spiro atoms. The van der Waals surface area contributed by atoms with Crippen molar-refractivity contribution in [1.29, 1.82) is 0 Å². The van der Waals surface area contributed by atoms with Crippen LogP contribution in [-0.2, 0) is 25.6 Å². The highest BCUT2D eigenvalue weighted by molar-refractivity contribution is 6.30. The van der Waals surface area contributed by atoms with Crippen molar-refractivity contribution in [3.63, 3.8) is 0 Å². The SMILES string of the molecule is COCC(=O)Nc1ccc2c(c1)[C@@H]1C[C@H](CC(=O)NCc3ccc(Cl)cc3)O[C@@H](CO)[C@@H]1O2. The first-order chi connectivity index (χ1) is 16.0. The molecule has 4 rings (SSSR count). The van der Waals surface area contributed by atoms with Crippen LogP contribution >= 0.6 is 11.6 Å². The summed E-state index contributed by atoms with van der Waals surface area (Å²) in [4.78, 5) is 24.4. The zero-order valence-corrected chi connectivity index (χ0v) is 19.0. The maximum absolute atomic E-state index is 12.6. The number of ether oxygens (including phenoxy) is 3. The molecule has 1 saturated heterocycles. The Bertz CT molecular complexity index is 999. The number of amides is 2. The number of aliphatic hydroxyl groups is 1. The molecular weight excluding hydrogens is 448 g/mol. The Kier molecular flexibility index (Phi) is 7.49. The van der Waals surface area contributed by atoms with Gasteiger partial charge in [-0.3, -0.25) is 9.59 Å². The molecule has 2 heterocycles. The van der Waals surface area contributed by atoms with Crippen LogP contribution < -0.4 is 15.4 Å². The molecule has 0 unspecified atom stereocenters. The molecule has 2 aliphatic rings. The second-order valence-electron chi connectivity index (χ2n) is 8.24. The van der Waals surface area contributed by atoms with Crippen LogP contribution in [0.5, 0.6) is 5.75 Å². The predicted octanol–water partition coefficient (Wildman–Crippen LogP) is 2.63. The van der Waals surface area contributed by atoms with Gasteiger partial charge < -0.3 is 30.0 Å². The largest absolute Gasteiger partial charge is 0.487 e. The van der Waals surface area contributed by atoms with Gasteiger partial charge in [0, 0.05) is 35.8 Å². The molecule has 0 saturated carbocycles. The molecule has 0 radical (unpaired) electrons. The van der Waals surface area contributed by atoms with E-state index in [9.17, 15) is 14.7 Å². The van der Waals surface area contributed by atoms with Gasteiger partial charge in [0.15, 0.2) is 0 Å². The lowest BCUT2D eigenvalue weighted by molar-refractivity contribution is -0.142. The molecule has 8 nitrogen and oxygen atoms in total. The topological polar surface area (TPSA) is 106 Å². The molecule has 2 amide bonds. The molecule has 0 aliphatic carbocycles. The second kappa shape index (κ2) is 10.5. The first-order valence-corrected chi connectivity index (χ1v) is 11.2. The molecule has 33 heavy (non-hydrogen) atoms. The number of hydrogen-bond acceptors (Lipinski definition) is 6. The summed E-state index contributed by atoms with van der Waals surface area (Å²) >= 11 is 5.90. The summed E-state index contributed by atoms with van der Waals surface area (Å²) in [5.41, 5.74) is 2.53. The first kappa shape index (κ1) is 23.5. The van der Waals surface area contributed by atoms with E-state index in [1.54, 1.807) is 24.3 Å². The molecule has 0 aromatic heterocycles. The highest BCUT2D eigenvalue weighted by atomic mass is 35.5. The van der Waals surface area contributed by atoms with Gasteiger partial charge >= 0.3 is 0 Å². The molecule has 1 fully saturated rings. The van der Waals surface area contributed by atoms with Gasteiger partial charge in [-0.05, 0) is 42.3 Å². The summed E-state index contributed by atoms with van der Waals surface area (Å²) in [7, 11) is 1.46. The van der Waals surface area contributed by atoms with Crippen molar-refractivity contribution in [3.8, 4) is 5.75 Å². The number of benzene rings is 2. The molecule has 2 aromatic rings. The van der Waals surface area contributed by atoms with E-state index < -0.39 is 6.10 Å². The summed E-state index contributed by atoms with van der Waals surface area (Å²) in [5.74, 6) is 0.261. The average molecular weight is 475 g/mol. The van der Waals surface area contributed by atoms with Crippen LogP contribution in [0.15, 0.2) is 42.5 Å². The summed E-state index contributed by atoms with van der Waals surface area (Å²) in [6.07, 6.45) is -0.514. The first-order valence-electron chi connectivity index (χ1n) is 10.8. The number of halogens is 1. The van der Waals surface area contributed by atoms with E-state index in [1.165, 1.54) is 7.11 Å². The summed E-state index contributed by atoms with van der Waals surface area (Å²) in [6.45, 7) is 0.150. The maximum atomic E-state index is 12.6. The Hall–Kier alpha value is -2.65. The van der Waals surface area contributed by atoms with E-state index in [0.717, 1.165) is 11.1 Å². The third-order valence-electron chi connectivity index (χ3n) is 5.87. The van der Waals surface area contributed by atoms with Gasteiger partial charge in [-0.1, -0.05) is 23.7 Å². The van der Waals surface area contributed by atoms with Crippen LogP contribution in [0.25, 0.3) is 0 Å². The monoisotopic (exact) mass is 474 g/mol. The lowest BCUT2D eigenvalue weighted by Gasteiger charge is -2.37. The van der Waals surface area contributed by atoms with Crippen molar-refractivity contribution in [1.82, 2.24) is 5.32 Å². The number of rotatable bonds is 8. The van der Waals surface area contributed by atoms with E-state index in [-0.39, 0.29) is 49.6 Å². The zero-order valence-electron chi connectivity index (χ0n) is 18.3. The molecule has 0 bridgehead atoms. The van der Waals surface area contributed by atoms with Crippen LogP contribution in [0.4, 0.5) is 5.69 Å². The molecule has 2 aromatic carbocycles. The number of hydrogen-bond donors (Lipinski definition) is 3. The Morgan fingerprint density at radius 2 is 1.97 bits per heavy atom. The van der Waals surface area contributed by atoms with Crippen molar-refractivity contribution >= 4 is 29.1 Å². The third kappa shape index (κ3) is 5.65. The number of anilines is 1. The molecule has 4 atom stereocenters. The van der Waals surface area contributed by atoms with E-state index in [4.69, 9.17) is 25.8 Å². The van der Waals surface area contributed by atoms with E-state index >= 15 is 0 Å². The van der Waals surface area contributed by atoms with Gasteiger partial charge in [-0.2, -0.15) is 0 Å². The Balaban J connectivity index is 1.41. The smallest absolute Gasteiger partial charge is 0.250 e. The van der Waals surface area contributed by atoms with Gasteiger partial charge in [0.25, 0.3) is 0 Å². The molecule has 9 heteroatoms. The van der Waals surface area contributed by atoms with Gasteiger partial charge in [-0.25, -0.2) is 0 Å². The molecule has 176 valence electrons. The van der Waals surface area contributed by atoms with Crippen molar-refractivity contribution in [2.45, 2.75) is 43.6 Å². The minimum absolute atomic E-state index is 0.0345. The lowest BCUT2D eigenvalue weighted by atomic mass is 9.84.